The Hall–Kier alpha value is -1.65. The number of carbonyl (C=O) groups excluding carboxylic acids is 1. The third kappa shape index (κ3) is 3.43. The number of amides is 1. The number of nitriles is 1. The number of carbonyl (C=O) groups is 1. The molecule has 94 valence electrons. The molecule has 2 rings (SSSR count). The largest absolute Gasteiger partial charge is 0.320 e. The first-order chi connectivity index (χ1) is 9.10. The Kier molecular flexibility index (Phi) is 4.35. The molecule has 1 N–H and O–H groups in total. The minimum absolute atomic E-state index is 0.254. The molecule has 1 aromatic carbocycles. The second-order valence-corrected chi connectivity index (χ2v) is 5.22. The van der Waals surface area contributed by atoms with Gasteiger partial charge in [-0.1, -0.05) is 11.6 Å². The number of rotatable bonds is 2. The molecule has 0 spiro atoms. The van der Waals surface area contributed by atoms with Crippen LogP contribution in [0.1, 0.15) is 16.1 Å². The van der Waals surface area contributed by atoms with Crippen molar-refractivity contribution in [2.75, 3.05) is 5.32 Å². The van der Waals surface area contributed by atoms with Crippen LogP contribution in [0.2, 0.25) is 5.02 Å². The van der Waals surface area contributed by atoms with Gasteiger partial charge in [0, 0.05) is 14.8 Å². The lowest BCUT2D eigenvalue weighted by Crippen LogP contribution is -2.14. The van der Waals surface area contributed by atoms with Gasteiger partial charge in [0.1, 0.15) is 11.8 Å². The van der Waals surface area contributed by atoms with Crippen molar-refractivity contribution < 1.29 is 4.79 Å². The molecule has 6 heteroatoms. The predicted molar refractivity (Wildman–Crippen MR) is 81.1 cm³/mol. The lowest BCUT2D eigenvalue weighted by molar-refractivity contribution is 0.102. The van der Waals surface area contributed by atoms with Crippen LogP contribution >= 0.6 is 34.2 Å². The quantitative estimate of drug-likeness (QED) is 0.808. The summed E-state index contributed by atoms with van der Waals surface area (Å²) in [4.78, 5) is 15.9. The van der Waals surface area contributed by atoms with Gasteiger partial charge >= 0.3 is 0 Å². The van der Waals surface area contributed by atoms with E-state index in [1.165, 1.54) is 12.3 Å². The normalized spacial score (nSPS) is 9.74. The van der Waals surface area contributed by atoms with Crippen molar-refractivity contribution in [3.05, 3.63) is 56.4 Å². The van der Waals surface area contributed by atoms with Gasteiger partial charge in [0.15, 0.2) is 0 Å². The van der Waals surface area contributed by atoms with E-state index in [4.69, 9.17) is 16.9 Å². The van der Waals surface area contributed by atoms with E-state index < -0.39 is 0 Å². The third-order valence-corrected chi connectivity index (χ3v) is 3.43. The van der Waals surface area contributed by atoms with Crippen molar-refractivity contribution >= 4 is 45.8 Å². The third-order valence-electron chi connectivity index (χ3n) is 2.30. The summed E-state index contributed by atoms with van der Waals surface area (Å²) >= 11 is 7.93. The van der Waals surface area contributed by atoms with Gasteiger partial charge in [-0.2, -0.15) is 5.26 Å². The number of nitrogens with zero attached hydrogens (tertiary/aromatic N) is 2. The number of benzene rings is 1. The Morgan fingerprint density at radius 2 is 2.16 bits per heavy atom. The van der Waals surface area contributed by atoms with Gasteiger partial charge < -0.3 is 5.32 Å². The zero-order valence-electron chi connectivity index (χ0n) is 9.52. The van der Waals surface area contributed by atoms with Crippen LogP contribution in [0.15, 0.2) is 36.5 Å². The summed E-state index contributed by atoms with van der Waals surface area (Å²) in [7, 11) is 0. The lowest BCUT2D eigenvalue weighted by Gasteiger charge is -2.07. The number of nitrogens with one attached hydrogen (secondary N) is 1. The molecule has 2 aromatic rings. The second kappa shape index (κ2) is 5.99. The molecule has 0 aliphatic rings. The maximum atomic E-state index is 12.0. The highest BCUT2D eigenvalue weighted by molar-refractivity contribution is 14.1. The van der Waals surface area contributed by atoms with Crippen molar-refractivity contribution in [2.24, 2.45) is 0 Å². The molecule has 1 aromatic heterocycles. The Morgan fingerprint density at radius 1 is 1.37 bits per heavy atom. The molecule has 0 fully saturated rings. The molecule has 0 atom stereocenters. The Morgan fingerprint density at radius 3 is 2.74 bits per heavy atom. The Bertz CT molecular complexity index is 665. The van der Waals surface area contributed by atoms with E-state index in [9.17, 15) is 4.79 Å². The summed E-state index contributed by atoms with van der Waals surface area (Å²) < 4.78 is 0.840. The van der Waals surface area contributed by atoms with E-state index in [0.29, 0.717) is 16.3 Å². The van der Waals surface area contributed by atoms with E-state index >= 15 is 0 Å². The fourth-order valence-corrected chi connectivity index (χ4v) is 2.38. The molecule has 4 nitrogen and oxygen atoms in total. The average molecular weight is 384 g/mol. The maximum absolute atomic E-state index is 12.0. The highest BCUT2D eigenvalue weighted by Crippen LogP contribution is 2.22. The number of hydrogen-bond acceptors (Lipinski definition) is 3. The minimum Gasteiger partial charge on any atom is -0.320 e. The van der Waals surface area contributed by atoms with Crippen LogP contribution in [-0.2, 0) is 0 Å². The zero-order valence-corrected chi connectivity index (χ0v) is 12.4. The molecule has 1 amide bonds. The van der Waals surface area contributed by atoms with Crippen LogP contribution in [-0.4, -0.2) is 10.9 Å². The molecule has 0 radical (unpaired) electrons. The van der Waals surface area contributed by atoms with Gasteiger partial charge in [-0.15, -0.1) is 0 Å². The summed E-state index contributed by atoms with van der Waals surface area (Å²) in [5, 5.41) is 12.0. The fraction of sp³-hybridized carbons (Fsp3) is 0. The van der Waals surface area contributed by atoms with Crippen molar-refractivity contribution in [1.82, 2.24) is 4.98 Å². The molecular weight excluding hydrogens is 377 g/mol. The van der Waals surface area contributed by atoms with Crippen LogP contribution in [0.25, 0.3) is 0 Å². The predicted octanol–water partition coefficient (Wildman–Crippen LogP) is 3.46. The highest BCUT2D eigenvalue weighted by atomic mass is 127. The summed E-state index contributed by atoms with van der Waals surface area (Å²) in [6.45, 7) is 0. The first-order valence-corrected chi connectivity index (χ1v) is 6.68. The SMILES string of the molecule is N#Cc1ccc(C(=O)Nc2ccc(Cl)cc2I)nc1. The summed E-state index contributed by atoms with van der Waals surface area (Å²) in [6.07, 6.45) is 1.36. The van der Waals surface area contributed by atoms with Crippen LogP contribution < -0.4 is 5.32 Å². The molecule has 0 aliphatic carbocycles. The topological polar surface area (TPSA) is 65.8 Å². The summed E-state index contributed by atoms with van der Waals surface area (Å²) in [6, 6.07) is 10.2. The fourth-order valence-electron chi connectivity index (χ4n) is 1.37. The van der Waals surface area contributed by atoms with Crippen molar-refractivity contribution in [1.29, 1.82) is 5.26 Å². The molecule has 0 aliphatic heterocycles. The van der Waals surface area contributed by atoms with E-state index in [1.54, 1.807) is 24.3 Å². The zero-order chi connectivity index (χ0) is 13.8. The van der Waals surface area contributed by atoms with Crippen LogP contribution in [0, 0.1) is 14.9 Å². The van der Waals surface area contributed by atoms with Gasteiger partial charge in [-0.25, -0.2) is 4.98 Å². The number of anilines is 1. The smallest absolute Gasteiger partial charge is 0.274 e. The van der Waals surface area contributed by atoms with Crippen LogP contribution in [0.3, 0.4) is 0 Å². The number of halogens is 2. The minimum atomic E-state index is -0.329. The van der Waals surface area contributed by atoms with Gasteiger partial charge in [-0.05, 0) is 52.9 Å². The lowest BCUT2D eigenvalue weighted by atomic mass is 10.2. The van der Waals surface area contributed by atoms with Crippen LogP contribution in [0.5, 0.6) is 0 Å². The Balaban J connectivity index is 2.18. The van der Waals surface area contributed by atoms with Crippen LogP contribution in [0.4, 0.5) is 5.69 Å². The summed E-state index contributed by atoms with van der Waals surface area (Å²) in [5.41, 5.74) is 1.34. The molecule has 19 heavy (non-hydrogen) atoms. The molecule has 1 heterocycles. The molecule has 0 unspecified atom stereocenters. The summed E-state index contributed by atoms with van der Waals surface area (Å²) in [5.74, 6) is -0.329. The molecular formula is C13H7ClIN3O. The van der Waals surface area contributed by atoms with E-state index in [2.05, 4.69) is 32.9 Å². The van der Waals surface area contributed by atoms with Gasteiger partial charge in [0.2, 0.25) is 0 Å². The van der Waals surface area contributed by atoms with E-state index in [0.717, 1.165) is 3.57 Å². The second-order valence-electron chi connectivity index (χ2n) is 3.62. The van der Waals surface area contributed by atoms with E-state index in [-0.39, 0.29) is 11.6 Å². The monoisotopic (exact) mass is 383 g/mol. The van der Waals surface area contributed by atoms with E-state index in [1.807, 2.05) is 6.07 Å². The number of hydrogen-bond donors (Lipinski definition) is 1. The standard InChI is InChI=1S/C13H7ClIN3O/c14-9-2-4-11(10(15)5-9)18-13(19)12-3-1-8(6-16)7-17-12/h1-5,7H,(H,18,19). The Labute approximate surface area is 128 Å². The van der Waals surface area contributed by atoms with Crippen molar-refractivity contribution in [3.8, 4) is 6.07 Å². The average Bonchev–Trinajstić information content (AvgIpc) is 2.42. The highest BCUT2D eigenvalue weighted by Gasteiger charge is 2.09. The molecule has 0 bridgehead atoms. The van der Waals surface area contributed by atoms with Crippen molar-refractivity contribution in [3.63, 3.8) is 0 Å². The molecule has 0 saturated heterocycles. The van der Waals surface area contributed by atoms with Gasteiger partial charge in [0.05, 0.1) is 11.3 Å². The number of pyridine rings is 1. The van der Waals surface area contributed by atoms with Gasteiger partial charge in [-0.3, -0.25) is 4.79 Å². The van der Waals surface area contributed by atoms with Gasteiger partial charge in [0.25, 0.3) is 5.91 Å². The molecule has 0 saturated carbocycles. The first kappa shape index (κ1) is 13.8. The first-order valence-electron chi connectivity index (χ1n) is 5.22. The maximum Gasteiger partial charge on any atom is 0.274 e. The number of aromatic nitrogens is 1. The van der Waals surface area contributed by atoms with Crippen molar-refractivity contribution in [2.45, 2.75) is 0 Å².